The summed E-state index contributed by atoms with van der Waals surface area (Å²) < 4.78 is 3.29. The third kappa shape index (κ3) is 1.43. The molecule has 0 bridgehead atoms. The van der Waals surface area contributed by atoms with Crippen molar-refractivity contribution in [1.29, 1.82) is 0 Å². The van der Waals surface area contributed by atoms with E-state index >= 15 is 0 Å². The highest BCUT2D eigenvalue weighted by Crippen LogP contribution is 2.26. The zero-order valence-corrected chi connectivity index (χ0v) is 10.6. The topological polar surface area (TPSA) is 19.7 Å². The Morgan fingerprint density at radius 3 is 2.88 bits per heavy atom. The van der Waals surface area contributed by atoms with Gasteiger partial charge in [0.25, 0.3) is 0 Å². The van der Waals surface area contributed by atoms with Gasteiger partial charge in [-0.15, -0.1) is 0 Å². The summed E-state index contributed by atoms with van der Waals surface area (Å²) in [4.78, 5) is 3.44. The van der Waals surface area contributed by atoms with E-state index < -0.39 is 0 Å². The summed E-state index contributed by atoms with van der Waals surface area (Å²) in [6, 6.07) is 8.50. The molecule has 0 aliphatic rings. The Hall–Kier alpha value is -1.35. The van der Waals surface area contributed by atoms with Crippen LogP contribution in [0.4, 0.5) is 0 Å². The predicted molar refractivity (Wildman–Crippen MR) is 69.4 cm³/mol. The summed E-state index contributed by atoms with van der Waals surface area (Å²) >= 11 is 3.51. The van der Waals surface area contributed by atoms with Gasteiger partial charge < -0.3 is 4.98 Å². The van der Waals surface area contributed by atoms with Crippen molar-refractivity contribution in [2.75, 3.05) is 0 Å². The lowest BCUT2D eigenvalue weighted by molar-refractivity contribution is -0.692. The molecule has 16 heavy (non-hydrogen) atoms. The van der Waals surface area contributed by atoms with Gasteiger partial charge in [0.2, 0.25) is 0 Å². The number of aryl methyl sites for hydroxylation is 1. The number of hydrogen-bond acceptors (Lipinski definition) is 0. The van der Waals surface area contributed by atoms with Gasteiger partial charge in [0.05, 0.1) is 0 Å². The first-order valence-corrected chi connectivity index (χ1v) is 6.17. The number of nitrogens with one attached hydrogen (secondary N) is 1. The molecule has 0 saturated carbocycles. The Balaban J connectivity index is 2.41. The summed E-state index contributed by atoms with van der Waals surface area (Å²) in [6.07, 6.45) is 4.28. The fraction of sp³-hybridized carbons (Fsp3) is 0.154. The number of hydrogen-bond donors (Lipinski definition) is 1. The van der Waals surface area contributed by atoms with E-state index in [0.717, 1.165) is 11.0 Å². The number of benzene rings is 1. The van der Waals surface area contributed by atoms with Crippen LogP contribution in [0.3, 0.4) is 0 Å². The first-order valence-electron chi connectivity index (χ1n) is 5.38. The largest absolute Gasteiger partial charge is 0.350 e. The summed E-state index contributed by atoms with van der Waals surface area (Å²) in [5.41, 5.74) is 2.38. The average Bonchev–Trinajstić information content (AvgIpc) is 2.66. The van der Waals surface area contributed by atoms with Crippen molar-refractivity contribution in [3.05, 3.63) is 41.1 Å². The molecule has 0 spiro atoms. The Labute approximate surface area is 102 Å². The molecule has 2 heterocycles. The summed E-state index contributed by atoms with van der Waals surface area (Å²) in [7, 11) is 0. The van der Waals surface area contributed by atoms with Crippen LogP contribution in [0.1, 0.15) is 6.92 Å². The minimum absolute atomic E-state index is 0.995. The van der Waals surface area contributed by atoms with E-state index in [0.29, 0.717) is 0 Å². The van der Waals surface area contributed by atoms with Crippen LogP contribution in [0.2, 0.25) is 0 Å². The molecule has 0 radical (unpaired) electrons. The van der Waals surface area contributed by atoms with Crippen LogP contribution in [-0.4, -0.2) is 4.98 Å². The quantitative estimate of drug-likeness (QED) is 0.657. The highest BCUT2D eigenvalue weighted by Gasteiger charge is 2.07. The van der Waals surface area contributed by atoms with Gasteiger partial charge in [-0.3, -0.25) is 0 Å². The van der Waals surface area contributed by atoms with Crippen LogP contribution in [0, 0.1) is 0 Å². The van der Waals surface area contributed by atoms with Gasteiger partial charge in [-0.25, -0.2) is 4.57 Å². The SMILES string of the molecule is CC[n+]1ccc2c(c1)[nH]c1ccc(Br)cc12. The normalized spacial score (nSPS) is 11.4. The Morgan fingerprint density at radius 2 is 2.06 bits per heavy atom. The molecule has 0 atom stereocenters. The number of nitrogens with zero attached hydrogens (tertiary/aromatic N) is 1. The smallest absolute Gasteiger partial charge is 0.193 e. The highest BCUT2D eigenvalue weighted by atomic mass is 79.9. The molecule has 80 valence electrons. The van der Waals surface area contributed by atoms with Crippen molar-refractivity contribution in [3.63, 3.8) is 0 Å². The Morgan fingerprint density at radius 1 is 1.19 bits per heavy atom. The molecule has 0 fully saturated rings. The number of rotatable bonds is 1. The van der Waals surface area contributed by atoms with Gasteiger partial charge >= 0.3 is 0 Å². The van der Waals surface area contributed by atoms with Crippen LogP contribution in [0.25, 0.3) is 21.8 Å². The third-order valence-electron chi connectivity index (χ3n) is 2.92. The van der Waals surface area contributed by atoms with E-state index in [-0.39, 0.29) is 0 Å². The second-order valence-corrected chi connectivity index (χ2v) is 4.83. The molecule has 0 aliphatic heterocycles. The van der Waals surface area contributed by atoms with Gasteiger partial charge in [-0.2, -0.15) is 0 Å². The van der Waals surface area contributed by atoms with Crippen LogP contribution >= 0.6 is 15.9 Å². The van der Waals surface area contributed by atoms with E-state index in [1.165, 1.54) is 21.8 Å². The van der Waals surface area contributed by atoms with Gasteiger partial charge in [0, 0.05) is 26.8 Å². The summed E-state index contributed by atoms with van der Waals surface area (Å²) in [5, 5.41) is 2.55. The molecule has 3 heteroatoms. The van der Waals surface area contributed by atoms with E-state index in [2.05, 4.69) is 69.1 Å². The maximum absolute atomic E-state index is 3.51. The molecule has 3 aromatic rings. The summed E-state index contributed by atoms with van der Waals surface area (Å²) in [5.74, 6) is 0. The van der Waals surface area contributed by atoms with Gasteiger partial charge in [-0.05, 0) is 25.1 Å². The number of aromatic amines is 1. The minimum atomic E-state index is 0.995. The zero-order chi connectivity index (χ0) is 11.1. The van der Waals surface area contributed by atoms with Gasteiger partial charge in [0.15, 0.2) is 12.4 Å². The second-order valence-electron chi connectivity index (χ2n) is 3.92. The van der Waals surface area contributed by atoms with Crippen molar-refractivity contribution in [2.45, 2.75) is 13.5 Å². The number of aromatic nitrogens is 2. The molecular formula is C13H12BrN2+. The van der Waals surface area contributed by atoms with E-state index in [9.17, 15) is 0 Å². The molecule has 0 saturated heterocycles. The lowest BCUT2D eigenvalue weighted by Gasteiger charge is -1.92. The number of halogens is 1. The molecule has 0 unspecified atom stereocenters. The molecule has 0 aliphatic carbocycles. The number of H-pyrrole nitrogens is 1. The molecule has 0 amide bonds. The van der Waals surface area contributed by atoms with Crippen LogP contribution in [-0.2, 0) is 6.54 Å². The standard InChI is InChI=1S/C13H11BrN2/c1-2-16-6-5-10-11-7-9(14)3-4-12(11)15-13(10)8-16/h3-8H,2H2,1H3/p+1. The lowest BCUT2D eigenvalue weighted by Crippen LogP contribution is -2.30. The van der Waals surface area contributed by atoms with Gasteiger partial charge in [0.1, 0.15) is 12.1 Å². The van der Waals surface area contributed by atoms with Gasteiger partial charge in [-0.1, -0.05) is 15.9 Å². The molecule has 2 aromatic heterocycles. The first-order chi connectivity index (χ1) is 7.78. The number of pyridine rings is 1. The summed E-state index contributed by atoms with van der Waals surface area (Å²) in [6.45, 7) is 3.14. The maximum Gasteiger partial charge on any atom is 0.193 e. The first kappa shape index (κ1) is 9.85. The second kappa shape index (κ2) is 3.59. The fourth-order valence-corrected chi connectivity index (χ4v) is 2.42. The monoisotopic (exact) mass is 275 g/mol. The molecule has 1 N–H and O–H groups in total. The van der Waals surface area contributed by atoms with Crippen LogP contribution < -0.4 is 4.57 Å². The van der Waals surface area contributed by atoms with Crippen molar-refractivity contribution in [1.82, 2.24) is 4.98 Å². The van der Waals surface area contributed by atoms with E-state index in [4.69, 9.17) is 0 Å². The van der Waals surface area contributed by atoms with Crippen LogP contribution in [0.5, 0.6) is 0 Å². The van der Waals surface area contributed by atoms with Crippen molar-refractivity contribution in [2.24, 2.45) is 0 Å². The zero-order valence-electron chi connectivity index (χ0n) is 9.00. The maximum atomic E-state index is 3.51. The fourth-order valence-electron chi connectivity index (χ4n) is 2.06. The lowest BCUT2D eigenvalue weighted by atomic mass is 10.2. The Bertz CT molecular complexity index is 670. The Kier molecular flexibility index (Phi) is 2.21. The molecule has 1 aromatic carbocycles. The average molecular weight is 276 g/mol. The molecule has 2 nitrogen and oxygen atoms in total. The van der Waals surface area contributed by atoms with Crippen molar-refractivity contribution >= 4 is 37.7 Å². The van der Waals surface area contributed by atoms with E-state index in [1.54, 1.807) is 0 Å². The van der Waals surface area contributed by atoms with Crippen molar-refractivity contribution < 1.29 is 4.57 Å². The molecule has 3 rings (SSSR count). The third-order valence-corrected chi connectivity index (χ3v) is 3.42. The number of fused-ring (bicyclic) bond motifs is 3. The van der Waals surface area contributed by atoms with Crippen molar-refractivity contribution in [3.8, 4) is 0 Å². The van der Waals surface area contributed by atoms with Crippen LogP contribution in [0.15, 0.2) is 41.1 Å². The highest BCUT2D eigenvalue weighted by molar-refractivity contribution is 9.10. The predicted octanol–water partition coefficient (Wildman–Crippen LogP) is 3.39. The van der Waals surface area contributed by atoms with E-state index in [1.807, 2.05) is 0 Å². The molecular weight excluding hydrogens is 264 g/mol. The minimum Gasteiger partial charge on any atom is -0.350 e.